The van der Waals surface area contributed by atoms with E-state index in [9.17, 15) is 13.2 Å². The van der Waals surface area contributed by atoms with Gasteiger partial charge >= 0.3 is 6.18 Å². The zero-order chi connectivity index (χ0) is 19.0. The molecule has 4 nitrogen and oxygen atoms in total. The Morgan fingerprint density at radius 3 is 2.33 bits per heavy atom. The molecular weight excluding hydrogens is 353 g/mol. The van der Waals surface area contributed by atoms with Gasteiger partial charge in [0.2, 0.25) is 0 Å². The maximum absolute atomic E-state index is 12.8. The Hall–Kier alpha value is -3.22. The number of aromatic nitrogens is 4. The normalized spacial score (nSPS) is 15.5. The minimum absolute atomic E-state index is 0.531. The predicted octanol–water partition coefficient (Wildman–Crippen LogP) is 4.79. The third-order valence-corrected chi connectivity index (χ3v) is 4.67. The van der Waals surface area contributed by atoms with Crippen LogP contribution in [0.3, 0.4) is 0 Å². The number of H-pyrrole nitrogens is 1. The van der Waals surface area contributed by atoms with Gasteiger partial charge in [0.05, 0.1) is 5.56 Å². The minimum atomic E-state index is -4.33. The van der Waals surface area contributed by atoms with Crippen LogP contribution in [-0.2, 0) is 12.6 Å². The second-order valence-corrected chi connectivity index (χ2v) is 6.33. The zero-order valence-corrected chi connectivity index (χ0v) is 14.4. The Morgan fingerprint density at radius 1 is 1.00 bits per heavy atom. The number of aromatic amines is 1. The van der Waals surface area contributed by atoms with Crippen LogP contribution in [0.15, 0.2) is 54.1 Å². The summed E-state index contributed by atoms with van der Waals surface area (Å²) in [7, 11) is 0. The highest BCUT2D eigenvalue weighted by atomic mass is 19.4. The number of hydrogen-bond donors (Lipinski definition) is 1. The quantitative estimate of drug-likeness (QED) is 0.723. The van der Waals surface area contributed by atoms with Gasteiger partial charge in [0.1, 0.15) is 0 Å². The number of rotatable bonds is 3. The van der Waals surface area contributed by atoms with Crippen molar-refractivity contribution in [3.05, 3.63) is 82.2 Å². The molecule has 0 fully saturated rings. The number of fused-ring (bicyclic) bond motifs is 1. The van der Waals surface area contributed by atoms with E-state index in [1.54, 1.807) is 0 Å². The van der Waals surface area contributed by atoms with Gasteiger partial charge in [-0.25, -0.2) is 0 Å². The predicted molar refractivity (Wildman–Crippen MR) is 96.2 cm³/mol. The maximum Gasteiger partial charge on any atom is 0.416 e. The maximum atomic E-state index is 12.8. The van der Waals surface area contributed by atoms with E-state index in [1.165, 1.54) is 12.1 Å². The van der Waals surface area contributed by atoms with E-state index in [0.29, 0.717) is 17.8 Å². The van der Waals surface area contributed by atoms with Crippen LogP contribution in [0, 0.1) is 0 Å². The molecule has 1 heterocycles. The van der Waals surface area contributed by atoms with Crippen molar-refractivity contribution in [1.29, 1.82) is 0 Å². The number of nitrogens with one attached hydrogen (secondary N) is 1. The van der Waals surface area contributed by atoms with Crippen LogP contribution in [0.5, 0.6) is 0 Å². The number of tetrazole rings is 1. The monoisotopic (exact) mass is 368 g/mol. The van der Waals surface area contributed by atoms with E-state index in [2.05, 4.69) is 20.6 Å². The van der Waals surface area contributed by atoms with E-state index in [-0.39, 0.29) is 0 Å². The summed E-state index contributed by atoms with van der Waals surface area (Å²) in [6, 6.07) is 13.1. The topological polar surface area (TPSA) is 54.5 Å². The van der Waals surface area contributed by atoms with E-state index in [0.717, 1.165) is 40.0 Å². The van der Waals surface area contributed by atoms with Gasteiger partial charge in [-0.3, -0.25) is 0 Å². The van der Waals surface area contributed by atoms with Gasteiger partial charge in [0.15, 0.2) is 5.82 Å². The number of nitrogens with zero attached hydrogens (tertiary/aromatic N) is 3. The third-order valence-electron chi connectivity index (χ3n) is 4.67. The molecule has 0 bridgehead atoms. The zero-order valence-electron chi connectivity index (χ0n) is 14.4. The van der Waals surface area contributed by atoms with Crippen molar-refractivity contribution in [2.75, 3.05) is 0 Å². The summed E-state index contributed by atoms with van der Waals surface area (Å²) in [4.78, 5) is 0. The Kier molecular flexibility index (Phi) is 4.14. The Morgan fingerprint density at radius 2 is 1.70 bits per heavy atom. The molecule has 1 aliphatic rings. The van der Waals surface area contributed by atoms with Gasteiger partial charge in [0.25, 0.3) is 0 Å². The fourth-order valence-electron chi connectivity index (χ4n) is 3.31. The highest BCUT2D eigenvalue weighted by molar-refractivity contribution is 6.05. The summed E-state index contributed by atoms with van der Waals surface area (Å²) >= 11 is 0. The first kappa shape index (κ1) is 17.2. The Bertz CT molecular complexity index is 1030. The summed E-state index contributed by atoms with van der Waals surface area (Å²) in [5.41, 5.74) is 5.33. The molecule has 0 aliphatic heterocycles. The number of alkyl halides is 3. The molecule has 136 valence electrons. The molecule has 0 radical (unpaired) electrons. The molecule has 4 rings (SSSR count). The van der Waals surface area contributed by atoms with Crippen molar-refractivity contribution < 1.29 is 13.2 Å². The second-order valence-electron chi connectivity index (χ2n) is 6.33. The van der Waals surface area contributed by atoms with Crippen LogP contribution in [0.2, 0.25) is 0 Å². The van der Waals surface area contributed by atoms with Crippen LogP contribution in [0.1, 0.15) is 35.0 Å². The largest absolute Gasteiger partial charge is 0.416 e. The average Bonchev–Trinajstić information content (AvgIpc) is 3.24. The average molecular weight is 368 g/mol. The SMILES string of the molecule is CC1=C(Cc2nn[nH]n2)c2ccccc2/C1=C\c1ccc(C(F)(F)F)cc1. The second kappa shape index (κ2) is 6.50. The standard InChI is InChI=1S/C20H15F3N4/c1-12-17(10-13-6-8-14(9-7-13)20(21,22)23)15-4-2-3-5-16(15)18(12)11-19-24-26-27-25-19/h2-10H,11H2,1H3,(H,24,25,26,27)/b17-10-. The minimum Gasteiger partial charge on any atom is -0.177 e. The van der Waals surface area contributed by atoms with Gasteiger partial charge < -0.3 is 0 Å². The van der Waals surface area contributed by atoms with Crippen LogP contribution in [-0.4, -0.2) is 20.6 Å². The molecule has 1 aromatic heterocycles. The van der Waals surface area contributed by atoms with Crippen molar-refractivity contribution in [1.82, 2.24) is 20.6 Å². The smallest absolute Gasteiger partial charge is 0.177 e. The van der Waals surface area contributed by atoms with Crippen molar-refractivity contribution in [2.24, 2.45) is 0 Å². The molecule has 0 saturated carbocycles. The molecule has 0 spiro atoms. The molecule has 2 aromatic carbocycles. The summed E-state index contributed by atoms with van der Waals surface area (Å²) in [5.74, 6) is 0.593. The lowest BCUT2D eigenvalue weighted by molar-refractivity contribution is -0.137. The van der Waals surface area contributed by atoms with Crippen molar-refractivity contribution in [3.63, 3.8) is 0 Å². The Labute approximate surface area is 153 Å². The van der Waals surface area contributed by atoms with Crippen molar-refractivity contribution in [2.45, 2.75) is 19.5 Å². The fourth-order valence-corrected chi connectivity index (χ4v) is 3.31. The van der Waals surface area contributed by atoms with Crippen molar-refractivity contribution in [3.8, 4) is 0 Å². The molecule has 0 unspecified atom stereocenters. The molecule has 0 atom stereocenters. The molecule has 3 aromatic rings. The van der Waals surface area contributed by atoms with Crippen LogP contribution in [0.4, 0.5) is 13.2 Å². The number of benzene rings is 2. The number of halogens is 3. The molecule has 0 saturated heterocycles. The van der Waals surface area contributed by atoms with Gasteiger partial charge in [-0.05, 0) is 58.5 Å². The first-order chi connectivity index (χ1) is 12.9. The molecule has 7 heteroatoms. The van der Waals surface area contributed by atoms with Crippen molar-refractivity contribution >= 4 is 17.2 Å². The third kappa shape index (κ3) is 3.28. The van der Waals surface area contributed by atoms with E-state index in [4.69, 9.17) is 0 Å². The molecule has 0 amide bonds. The summed E-state index contributed by atoms with van der Waals surface area (Å²) in [6.45, 7) is 2.01. The van der Waals surface area contributed by atoms with Gasteiger partial charge in [-0.1, -0.05) is 41.6 Å². The lowest BCUT2D eigenvalue weighted by Gasteiger charge is -2.07. The van der Waals surface area contributed by atoms with Crippen LogP contribution < -0.4 is 0 Å². The first-order valence-corrected chi connectivity index (χ1v) is 8.34. The summed E-state index contributed by atoms with van der Waals surface area (Å²) in [6.07, 6.45) is -1.89. The fraction of sp³-hybridized carbons (Fsp3) is 0.150. The molecule has 1 N–H and O–H groups in total. The summed E-state index contributed by atoms with van der Waals surface area (Å²) in [5, 5.41) is 14.1. The highest BCUT2D eigenvalue weighted by Crippen LogP contribution is 2.43. The lowest BCUT2D eigenvalue weighted by Crippen LogP contribution is -2.04. The van der Waals surface area contributed by atoms with E-state index in [1.807, 2.05) is 37.3 Å². The molecule has 27 heavy (non-hydrogen) atoms. The van der Waals surface area contributed by atoms with Gasteiger partial charge in [-0.15, -0.1) is 10.2 Å². The van der Waals surface area contributed by atoms with Gasteiger partial charge in [-0.2, -0.15) is 18.4 Å². The lowest BCUT2D eigenvalue weighted by atomic mass is 10.00. The molecular formula is C20H15F3N4. The first-order valence-electron chi connectivity index (χ1n) is 8.34. The van der Waals surface area contributed by atoms with E-state index >= 15 is 0 Å². The highest BCUT2D eigenvalue weighted by Gasteiger charge is 2.30. The Balaban J connectivity index is 1.75. The number of allylic oxidation sites excluding steroid dienone is 3. The number of hydrogen-bond acceptors (Lipinski definition) is 3. The van der Waals surface area contributed by atoms with Crippen LogP contribution >= 0.6 is 0 Å². The van der Waals surface area contributed by atoms with Crippen LogP contribution in [0.25, 0.3) is 17.2 Å². The molecule has 1 aliphatic carbocycles. The summed E-state index contributed by atoms with van der Waals surface area (Å²) < 4.78 is 38.3. The van der Waals surface area contributed by atoms with E-state index < -0.39 is 11.7 Å². The van der Waals surface area contributed by atoms with Gasteiger partial charge in [0, 0.05) is 6.42 Å².